The van der Waals surface area contributed by atoms with Crippen molar-refractivity contribution in [3.8, 4) is 62.1 Å². The van der Waals surface area contributed by atoms with Gasteiger partial charge in [0.25, 0.3) is 0 Å². The van der Waals surface area contributed by atoms with E-state index in [4.69, 9.17) is 15.0 Å². The van der Waals surface area contributed by atoms with Crippen LogP contribution in [0.15, 0.2) is 218 Å². The number of rotatable bonds is 5. The first-order valence-corrected chi connectivity index (χ1v) is 21.9. The van der Waals surface area contributed by atoms with Crippen LogP contribution in [0.5, 0.6) is 0 Å². The first-order valence-electron chi connectivity index (χ1n) is 21.9. The second-order valence-corrected chi connectivity index (χ2v) is 17.1. The van der Waals surface area contributed by atoms with Crippen LogP contribution in [0.25, 0.3) is 105 Å². The molecule has 0 saturated heterocycles. The molecule has 0 aliphatic heterocycles. The Bertz CT molecular complexity index is 3820. The Hall–Kier alpha value is -8.47. The topological polar surface area (TPSA) is 43.6 Å². The number of para-hydroxylation sites is 2. The van der Waals surface area contributed by atoms with Gasteiger partial charge in [0.2, 0.25) is 0 Å². The van der Waals surface area contributed by atoms with Gasteiger partial charge in [-0.15, -0.1) is 0 Å². The molecular formula is C60H36N4. The van der Waals surface area contributed by atoms with Crippen molar-refractivity contribution < 1.29 is 0 Å². The fourth-order valence-electron chi connectivity index (χ4n) is 11.1. The van der Waals surface area contributed by atoms with Crippen LogP contribution in [0.3, 0.4) is 0 Å². The summed E-state index contributed by atoms with van der Waals surface area (Å²) in [6.45, 7) is 0. The van der Waals surface area contributed by atoms with E-state index >= 15 is 0 Å². The average molecular weight is 813 g/mol. The van der Waals surface area contributed by atoms with E-state index in [0.717, 1.165) is 44.4 Å². The number of aromatic nitrogens is 4. The molecule has 0 N–H and O–H groups in total. The van der Waals surface area contributed by atoms with Crippen molar-refractivity contribution in [2.45, 2.75) is 5.41 Å². The minimum atomic E-state index is -0.404. The van der Waals surface area contributed by atoms with Gasteiger partial charge in [0.1, 0.15) is 0 Å². The fourth-order valence-corrected chi connectivity index (χ4v) is 11.1. The predicted octanol–water partition coefficient (Wildman–Crippen LogP) is 14.6. The summed E-state index contributed by atoms with van der Waals surface area (Å²) in [4.78, 5) is 15.4. The summed E-state index contributed by atoms with van der Waals surface area (Å²) in [5.41, 5.74) is 16.2. The molecule has 0 bridgehead atoms. The summed E-state index contributed by atoms with van der Waals surface area (Å²) in [7, 11) is 0. The largest absolute Gasteiger partial charge is 0.309 e. The summed E-state index contributed by atoms with van der Waals surface area (Å²) in [5, 5.41) is 7.67. The summed E-state index contributed by atoms with van der Waals surface area (Å²) in [6, 6.07) is 79.1. The zero-order valence-corrected chi connectivity index (χ0v) is 34.6. The molecule has 12 aromatic rings. The van der Waals surface area contributed by atoms with Gasteiger partial charge < -0.3 is 4.57 Å². The second kappa shape index (κ2) is 13.3. The van der Waals surface area contributed by atoms with Crippen molar-refractivity contribution >= 4 is 43.4 Å². The van der Waals surface area contributed by atoms with E-state index in [0.29, 0.717) is 17.5 Å². The molecule has 10 aromatic carbocycles. The van der Waals surface area contributed by atoms with Crippen molar-refractivity contribution in [2.75, 3.05) is 0 Å². The van der Waals surface area contributed by atoms with Crippen molar-refractivity contribution in [3.63, 3.8) is 0 Å². The van der Waals surface area contributed by atoms with E-state index < -0.39 is 5.41 Å². The number of hydrogen-bond donors (Lipinski definition) is 0. The molecule has 2 aliphatic rings. The third-order valence-corrected chi connectivity index (χ3v) is 13.8. The summed E-state index contributed by atoms with van der Waals surface area (Å²) in [6.07, 6.45) is 0. The molecular weight excluding hydrogens is 777 g/mol. The van der Waals surface area contributed by atoms with Gasteiger partial charge in [-0.25, -0.2) is 15.0 Å². The van der Waals surface area contributed by atoms with E-state index in [9.17, 15) is 0 Å². The molecule has 14 rings (SSSR count). The quantitative estimate of drug-likeness (QED) is 0.163. The average Bonchev–Trinajstić information content (AvgIpc) is 3.98. The first kappa shape index (κ1) is 35.2. The van der Waals surface area contributed by atoms with Gasteiger partial charge in [-0.1, -0.05) is 176 Å². The standard InChI is InChI=1S/C60H36N4/c1-3-13-40(14-4-1)57-61-58(63-59(62-57)43-32-34-54-48(35-43)47-20-8-10-24-53(47)64(54)44-17-5-2-6-18-44)41-29-25-37(26-30-41)42-31-33-46-45-19-7-9-21-49(45)60(52(46)36-42)50-22-11-15-38-27-28-39-16-12-23-51(60)56(39)55(38)50/h1-36H. The van der Waals surface area contributed by atoms with E-state index in [-0.39, 0.29) is 0 Å². The van der Waals surface area contributed by atoms with Crippen LogP contribution in [-0.4, -0.2) is 19.5 Å². The van der Waals surface area contributed by atoms with Crippen molar-refractivity contribution in [2.24, 2.45) is 0 Å². The van der Waals surface area contributed by atoms with E-state index in [1.807, 2.05) is 18.2 Å². The van der Waals surface area contributed by atoms with Crippen LogP contribution in [-0.2, 0) is 5.41 Å². The number of nitrogens with zero attached hydrogens (tertiary/aromatic N) is 4. The van der Waals surface area contributed by atoms with Crippen LogP contribution in [0.1, 0.15) is 22.3 Å². The first-order chi connectivity index (χ1) is 31.7. The lowest BCUT2D eigenvalue weighted by atomic mass is 9.70. The Balaban J connectivity index is 0.896. The van der Waals surface area contributed by atoms with E-state index in [1.165, 1.54) is 65.9 Å². The molecule has 4 nitrogen and oxygen atoms in total. The minimum absolute atomic E-state index is 0.404. The van der Waals surface area contributed by atoms with Gasteiger partial charge in [-0.3, -0.25) is 0 Å². The predicted molar refractivity (Wildman–Crippen MR) is 262 cm³/mol. The molecule has 296 valence electrons. The van der Waals surface area contributed by atoms with Gasteiger partial charge in [-0.05, 0) is 109 Å². The van der Waals surface area contributed by atoms with E-state index in [1.54, 1.807) is 0 Å². The van der Waals surface area contributed by atoms with Gasteiger partial charge >= 0.3 is 0 Å². The van der Waals surface area contributed by atoms with Crippen LogP contribution in [0.4, 0.5) is 0 Å². The minimum Gasteiger partial charge on any atom is -0.309 e. The molecule has 2 aromatic heterocycles. The number of hydrogen-bond acceptors (Lipinski definition) is 3. The summed E-state index contributed by atoms with van der Waals surface area (Å²) >= 11 is 0. The molecule has 64 heavy (non-hydrogen) atoms. The highest BCUT2D eigenvalue weighted by atomic mass is 15.0. The summed E-state index contributed by atoms with van der Waals surface area (Å²) < 4.78 is 2.33. The lowest BCUT2D eigenvalue weighted by molar-refractivity contribution is 0.797. The maximum absolute atomic E-state index is 5.20. The highest BCUT2D eigenvalue weighted by Crippen LogP contribution is 2.62. The normalized spacial score (nSPS) is 13.1. The Kier molecular flexibility index (Phi) is 7.29. The molecule has 0 atom stereocenters. The van der Waals surface area contributed by atoms with Crippen LogP contribution in [0.2, 0.25) is 0 Å². The Labute approximate surface area is 369 Å². The van der Waals surface area contributed by atoms with Crippen molar-refractivity contribution in [1.29, 1.82) is 0 Å². The van der Waals surface area contributed by atoms with Crippen LogP contribution in [0, 0.1) is 0 Å². The van der Waals surface area contributed by atoms with Crippen molar-refractivity contribution in [3.05, 3.63) is 241 Å². The zero-order chi connectivity index (χ0) is 41.9. The molecule has 4 heteroatoms. The molecule has 2 heterocycles. The highest BCUT2D eigenvalue weighted by molar-refractivity contribution is 6.17. The van der Waals surface area contributed by atoms with Gasteiger partial charge in [0.15, 0.2) is 17.5 Å². The number of fused-ring (bicyclic) bond motifs is 10. The Morgan fingerprint density at radius 2 is 0.844 bits per heavy atom. The lowest BCUT2D eigenvalue weighted by Crippen LogP contribution is -2.26. The smallest absolute Gasteiger partial charge is 0.164 e. The maximum Gasteiger partial charge on any atom is 0.164 e. The van der Waals surface area contributed by atoms with Gasteiger partial charge in [0, 0.05) is 33.2 Å². The van der Waals surface area contributed by atoms with Crippen LogP contribution >= 0.6 is 0 Å². The summed E-state index contributed by atoms with van der Waals surface area (Å²) in [5.74, 6) is 1.91. The Morgan fingerprint density at radius 3 is 1.58 bits per heavy atom. The molecule has 0 saturated carbocycles. The van der Waals surface area contributed by atoms with Gasteiger partial charge in [-0.2, -0.15) is 0 Å². The second-order valence-electron chi connectivity index (χ2n) is 17.1. The number of benzene rings is 10. The third-order valence-electron chi connectivity index (χ3n) is 13.8. The molecule has 1 spiro atoms. The molecule has 0 fully saturated rings. The maximum atomic E-state index is 5.20. The Morgan fingerprint density at radius 1 is 0.312 bits per heavy atom. The molecule has 2 aliphatic carbocycles. The zero-order valence-electron chi connectivity index (χ0n) is 34.6. The van der Waals surface area contributed by atoms with E-state index in [2.05, 4.69) is 205 Å². The SMILES string of the molecule is c1ccc(-c2nc(-c3ccc(-c4ccc5c(c4)C4(c6ccccc6-5)c5cccc6ccc7cccc4c7c56)cc3)nc(-c3ccc4c(c3)c3ccccc3n4-c3ccccc3)n2)cc1. The fraction of sp³-hybridized carbons (Fsp3) is 0.0167. The van der Waals surface area contributed by atoms with Crippen LogP contribution < -0.4 is 0 Å². The van der Waals surface area contributed by atoms with Crippen molar-refractivity contribution in [1.82, 2.24) is 19.5 Å². The molecule has 0 amide bonds. The highest BCUT2D eigenvalue weighted by Gasteiger charge is 2.50. The monoisotopic (exact) mass is 812 g/mol. The molecule has 0 unspecified atom stereocenters. The lowest BCUT2D eigenvalue weighted by Gasteiger charge is -2.31. The molecule has 0 radical (unpaired) electrons. The van der Waals surface area contributed by atoms with Gasteiger partial charge in [0.05, 0.1) is 16.4 Å². The third kappa shape index (κ3) is 4.85.